The molecule has 0 amide bonds. The van der Waals surface area contributed by atoms with E-state index in [1.165, 1.54) is 0 Å². The van der Waals surface area contributed by atoms with Crippen LogP contribution in [-0.2, 0) is 25.1 Å². The lowest BCUT2D eigenvalue weighted by Gasteiger charge is -2.25. The zero-order chi connectivity index (χ0) is 12.4. The van der Waals surface area contributed by atoms with Crippen LogP contribution in [-0.4, -0.2) is 15.5 Å². The zero-order valence-electron chi connectivity index (χ0n) is 9.53. The standard InChI is InChI=1S/C11H15ClO3S/c1-11(2,15-3)10-7-5-4-6-9(10)8-16(12,13)14/h4-7H,8H2,1-3H3. The summed E-state index contributed by atoms with van der Waals surface area (Å²) < 4.78 is 27.5. The second-order valence-electron chi connectivity index (χ2n) is 4.05. The first-order valence-electron chi connectivity index (χ1n) is 4.82. The van der Waals surface area contributed by atoms with Gasteiger partial charge in [-0.05, 0) is 25.0 Å². The maximum Gasteiger partial charge on any atom is 0.236 e. The van der Waals surface area contributed by atoms with Gasteiger partial charge in [0, 0.05) is 17.8 Å². The minimum absolute atomic E-state index is 0.183. The summed E-state index contributed by atoms with van der Waals surface area (Å²) in [6.07, 6.45) is 0. The fourth-order valence-electron chi connectivity index (χ4n) is 1.53. The smallest absolute Gasteiger partial charge is 0.236 e. The molecule has 0 saturated heterocycles. The van der Waals surface area contributed by atoms with Crippen LogP contribution in [0.2, 0.25) is 0 Å². The molecule has 0 atom stereocenters. The lowest BCUT2D eigenvalue weighted by Crippen LogP contribution is -2.21. The first kappa shape index (κ1) is 13.5. The largest absolute Gasteiger partial charge is 0.374 e. The number of rotatable bonds is 4. The molecule has 0 saturated carbocycles. The van der Waals surface area contributed by atoms with Gasteiger partial charge < -0.3 is 4.74 Å². The second-order valence-corrected chi connectivity index (χ2v) is 6.83. The third-order valence-corrected chi connectivity index (χ3v) is 3.49. The lowest BCUT2D eigenvalue weighted by atomic mass is 9.94. The molecule has 0 bridgehead atoms. The summed E-state index contributed by atoms with van der Waals surface area (Å²) in [6.45, 7) is 3.76. The SMILES string of the molecule is COC(C)(C)c1ccccc1CS(=O)(=O)Cl. The van der Waals surface area contributed by atoms with Gasteiger partial charge in [-0.1, -0.05) is 24.3 Å². The summed E-state index contributed by atoms with van der Waals surface area (Å²) in [5.74, 6) is -0.183. The monoisotopic (exact) mass is 262 g/mol. The van der Waals surface area contributed by atoms with Crippen LogP contribution in [0.25, 0.3) is 0 Å². The van der Waals surface area contributed by atoms with E-state index >= 15 is 0 Å². The summed E-state index contributed by atoms with van der Waals surface area (Å²) in [4.78, 5) is 0. The number of benzene rings is 1. The van der Waals surface area contributed by atoms with E-state index in [2.05, 4.69) is 0 Å². The van der Waals surface area contributed by atoms with Gasteiger partial charge in [0.1, 0.15) is 0 Å². The molecule has 0 spiro atoms. The Morgan fingerprint density at radius 3 is 2.38 bits per heavy atom. The molecule has 0 aliphatic rings. The molecule has 0 aromatic heterocycles. The normalized spacial score (nSPS) is 12.8. The number of ether oxygens (including phenoxy) is 1. The highest BCUT2D eigenvalue weighted by molar-refractivity contribution is 8.13. The molecule has 1 aromatic carbocycles. The number of hydrogen-bond donors (Lipinski definition) is 0. The molecule has 1 aromatic rings. The van der Waals surface area contributed by atoms with Gasteiger partial charge in [-0.15, -0.1) is 0 Å². The minimum Gasteiger partial charge on any atom is -0.374 e. The molecule has 16 heavy (non-hydrogen) atoms. The van der Waals surface area contributed by atoms with Crippen molar-refractivity contribution in [2.75, 3.05) is 7.11 Å². The molecule has 90 valence electrons. The van der Waals surface area contributed by atoms with Crippen LogP contribution in [0.3, 0.4) is 0 Å². The van der Waals surface area contributed by atoms with Gasteiger partial charge in [0.2, 0.25) is 9.05 Å². The molecule has 3 nitrogen and oxygen atoms in total. The highest BCUT2D eigenvalue weighted by Crippen LogP contribution is 2.28. The molecule has 0 aliphatic carbocycles. The first-order valence-corrected chi connectivity index (χ1v) is 7.30. The molecule has 0 N–H and O–H groups in total. The average molecular weight is 263 g/mol. The lowest BCUT2D eigenvalue weighted by molar-refractivity contribution is 0.0186. The van der Waals surface area contributed by atoms with Crippen LogP contribution in [0, 0.1) is 0 Å². The van der Waals surface area contributed by atoms with Crippen LogP contribution in [0.15, 0.2) is 24.3 Å². The van der Waals surface area contributed by atoms with Crippen molar-refractivity contribution in [1.29, 1.82) is 0 Å². The Balaban J connectivity index is 3.21. The second kappa shape index (κ2) is 4.73. The number of methoxy groups -OCH3 is 1. The van der Waals surface area contributed by atoms with Crippen LogP contribution >= 0.6 is 10.7 Å². The van der Waals surface area contributed by atoms with Gasteiger partial charge in [0.15, 0.2) is 0 Å². The van der Waals surface area contributed by atoms with Gasteiger partial charge in [-0.25, -0.2) is 8.42 Å². The predicted molar refractivity (Wildman–Crippen MR) is 65.0 cm³/mol. The van der Waals surface area contributed by atoms with Crippen molar-refractivity contribution in [2.24, 2.45) is 0 Å². The van der Waals surface area contributed by atoms with Crippen LogP contribution < -0.4 is 0 Å². The van der Waals surface area contributed by atoms with Gasteiger partial charge in [-0.2, -0.15) is 0 Å². The number of halogens is 1. The third-order valence-electron chi connectivity index (χ3n) is 2.50. The zero-order valence-corrected chi connectivity index (χ0v) is 11.1. The van der Waals surface area contributed by atoms with E-state index in [0.717, 1.165) is 5.56 Å². The van der Waals surface area contributed by atoms with E-state index in [9.17, 15) is 8.42 Å². The van der Waals surface area contributed by atoms with Crippen LogP contribution in [0.1, 0.15) is 25.0 Å². The Morgan fingerprint density at radius 2 is 1.88 bits per heavy atom. The Bertz CT molecular complexity index is 466. The van der Waals surface area contributed by atoms with Crippen molar-refractivity contribution in [1.82, 2.24) is 0 Å². The fraction of sp³-hybridized carbons (Fsp3) is 0.455. The summed E-state index contributed by atoms with van der Waals surface area (Å²) in [6, 6.07) is 7.23. The van der Waals surface area contributed by atoms with Crippen molar-refractivity contribution in [2.45, 2.75) is 25.2 Å². The molecular weight excluding hydrogens is 248 g/mol. The minimum atomic E-state index is -3.55. The van der Waals surface area contributed by atoms with Crippen molar-refractivity contribution in [3.63, 3.8) is 0 Å². The topological polar surface area (TPSA) is 43.4 Å². The van der Waals surface area contributed by atoms with Crippen molar-refractivity contribution in [3.8, 4) is 0 Å². The Morgan fingerprint density at radius 1 is 1.31 bits per heavy atom. The summed E-state index contributed by atoms with van der Waals surface area (Å²) in [7, 11) is 3.30. The molecule has 0 heterocycles. The molecule has 5 heteroatoms. The first-order chi connectivity index (χ1) is 7.26. The highest BCUT2D eigenvalue weighted by Gasteiger charge is 2.24. The maximum atomic E-state index is 11.1. The molecule has 0 radical (unpaired) electrons. The van der Waals surface area contributed by atoms with Crippen molar-refractivity contribution < 1.29 is 13.2 Å². The maximum absolute atomic E-state index is 11.1. The van der Waals surface area contributed by atoms with Crippen LogP contribution in [0.4, 0.5) is 0 Å². The quantitative estimate of drug-likeness (QED) is 0.784. The summed E-state index contributed by atoms with van der Waals surface area (Å²) >= 11 is 0. The van der Waals surface area contributed by atoms with Gasteiger partial charge in [0.25, 0.3) is 0 Å². The van der Waals surface area contributed by atoms with Crippen LogP contribution in [0.5, 0.6) is 0 Å². The van der Waals surface area contributed by atoms with Crippen molar-refractivity contribution >= 4 is 19.7 Å². The van der Waals surface area contributed by atoms with E-state index in [-0.39, 0.29) is 5.75 Å². The predicted octanol–water partition coefficient (Wildman–Crippen LogP) is 2.64. The van der Waals surface area contributed by atoms with Gasteiger partial charge >= 0.3 is 0 Å². The summed E-state index contributed by atoms with van der Waals surface area (Å²) in [5.41, 5.74) is 0.976. The summed E-state index contributed by atoms with van der Waals surface area (Å²) in [5, 5.41) is 0. The molecule has 1 rings (SSSR count). The van der Waals surface area contributed by atoms with E-state index in [1.54, 1.807) is 19.2 Å². The van der Waals surface area contributed by atoms with Crippen molar-refractivity contribution in [3.05, 3.63) is 35.4 Å². The Kier molecular flexibility index (Phi) is 3.99. The fourth-order valence-corrected chi connectivity index (χ4v) is 2.51. The Labute approximate surface area is 101 Å². The van der Waals surface area contributed by atoms with E-state index in [4.69, 9.17) is 15.4 Å². The molecule has 0 unspecified atom stereocenters. The van der Waals surface area contributed by atoms with Gasteiger partial charge in [0.05, 0.1) is 11.4 Å². The molecule has 0 fully saturated rings. The average Bonchev–Trinajstić information content (AvgIpc) is 2.16. The molecule has 0 aliphatic heterocycles. The van der Waals surface area contributed by atoms with Gasteiger partial charge in [-0.3, -0.25) is 0 Å². The van der Waals surface area contributed by atoms with E-state index < -0.39 is 14.7 Å². The number of hydrogen-bond acceptors (Lipinski definition) is 3. The van der Waals surface area contributed by atoms with E-state index in [1.807, 2.05) is 26.0 Å². The third kappa shape index (κ3) is 3.47. The Hall–Kier alpha value is -0.580. The molecular formula is C11H15ClO3S. The highest BCUT2D eigenvalue weighted by atomic mass is 35.7. The van der Waals surface area contributed by atoms with E-state index in [0.29, 0.717) is 5.56 Å².